The summed E-state index contributed by atoms with van der Waals surface area (Å²) in [4.78, 5) is 0. The minimum atomic E-state index is 0. The molecule has 0 aliphatic heterocycles. The van der Waals surface area contributed by atoms with Crippen molar-refractivity contribution in [3.05, 3.63) is 69.8 Å². The van der Waals surface area contributed by atoms with Crippen molar-refractivity contribution in [3.63, 3.8) is 0 Å². The van der Waals surface area contributed by atoms with Crippen molar-refractivity contribution < 1.29 is 51.4 Å². The molecule has 0 amide bonds. The van der Waals surface area contributed by atoms with Gasteiger partial charge in [0.15, 0.2) is 0 Å². The summed E-state index contributed by atoms with van der Waals surface area (Å²) in [6.45, 7) is 12.1. The molecule has 2 aromatic carbocycles. The van der Waals surface area contributed by atoms with E-state index in [4.69, 9.17) is 12.6 Å². The van der Waals surface area contributed by atoms with Crippen LogP contribution in [0.1, 0.15) is 93.2 Å². The normalized spacial score (nSPS) is 21.2. The Morgan fingerprint density at radius 2 is 1.32 bits per heavy atom. The minimum absolute atomic E-state index is 0. The first-order chi connectivity index (χ1) is 12.7. The van der Waals surface area contributed by atoms with Crippen LogP contribution in [0.25, 0.3) is 0 Å². The van der Waals surface area contributed by atoms with Crippen LogP contribution >= 0.6 is 0 Å². The molecule has 2 aliphatic rings. The summed E-state index contributed by atoms with van der Waals surface area (Å²) in [5, 5.41) is 0. The average molecular weight is 417 g/mol. The number of rotatable bonds is 3. The van der Waals surface area contributed by atoms with Crippen molar-refractivity contribution in [3.8, 4) is 0 Å². The molecule has 0 heterocycles. The molecule has 0 radical (unpaired) electrons. The second-order valence-electron chi connectivity index (χ2n) is 10.3. The minimum Gasteiger partial charge on any atom is -0.788 e. The average Bonchev–Trinajstić information content (AvgIpc) is 2.60. The summed E-state index contributed by atoms with van der Waals surface area (Å²) in [5.41, 5.74) is 9.72. The molecule has 4 rings (SSSR count). The Morgan fingerprint density at radius 1 is 0.786 bits per heavy atom. The Balaban J connectivity index is 0.00000225. The van der Waals surface area contributed by atoms with Crippen molar-refractivity contribution in [2.24, 2.45) is 0 Å². The van der Waals surface area contributed by atoms with Gasteiger partial charge in [0.1, 0.15) is 0 Å². The maximum atomic E-state index is 5.23. The van der Waals surface area contributed by atoms with Gasteiger partial charge in [0.25, 0.3) is 0 Å². The van der Waals surface area contributed by atoms with Crippen LogP contribution in [0.4, 0.5) is 0 Å². The summed E-state index contributed by atoms with van der Waals surface area (Å²) >= 11 is 5.23. The van der Waals surface area contributed by atoms with E-state index in [-0.39, 0.29) is 67.6 Å². The van der Waals surface area contributed by atoms with E-state index in [0.29, 0.717) is 5.75 Å². The molecular weight excluding hydrogens is 383 g/mol. The summed E-state index contributed by atoms with van der Waals surface area (Å²) in [7, 11) is 0. The molecule has 0 unspecified atom stereocenters. The van der Waals surface area contributed by atoms with Crippen LogP contribution in [0, 0.1) is 6.92 Å². The third-order valence-electron chi connectivity index (χ3n) is 7.59. The molecule has 2 aliphatic carbocycles. The molecule has 0 saturated heterocycles. The van der Waals surface area contributed by atoms with Gasteiger partial charge in [-0.2, -0.15) is 5.75 Å². The molecule has 1 fully saturated rings. The van der Waals surface area contributed by atoms with E-state index in [1.807, 2.05) is 0 Å². The first-order valence-electron chi connectivity index (χ1n) is 10.5. The number of fused-ring (bicyclic) bond motifs is 1. The van der Waals surface area contributed by atoms with Crippen molar-refractivity contribution in [2.45, 2.75) is 88.7 Å². The standard InChI is InChI=1S/C26H34S.K/c1-18-15-22-23(25(4,5)14-13-24(22,2)3)16-21(18)26(11-6-12-26)20-9-7-19(17-27)8-10-20;/h7-10,15-16,27H,6,11-14,17H2,1-5H3;/q;+1/p-1. The van der Waals surface area contributed by atoms with Gasteiger partial charge in [-0.25, -0.2) is 0 Å². The monoisotopic (exact) mass is 416 g/mol. The third-order valence-corrected chi connectivity index (χ3v) is 7.93. The molecule has 0 bridgehead atoms. The Morgan fingerprint density at radius 3 is 1.79 bits per heavy atom. The van der Waals surface area contributed by atoms with Crippen LogP contribution in [0.2, 0.25) is 0 Å². The predicted molar refractivity (Wildman–Crippen MR) is 119 cm³/mol. The van der Waals surface area contributed by atoms with Crippen LogP contribution in [0.15, 0.2) is 36.4 Å². The summed E-state index contributed by atoms with van der Waals surface area (Å²) in [6.07, 6.45) is 6.41. The number of aryl methyl sites for hydroxylation is 1. The maximum absolute atomic E-state index is 5.23. The van der Waals surface area contributed by atoms with E-state index >= 15 is 0 Å². The van der Waals surface area contributed by atoms with E-state index < -0.39 is 0 Å². The summed E-state index contributed by atoms with van der Waals surface area (Å²) < 4.78 is 0. The smallest absolute Gasteiger partial charge is 0.788 e. The SMILES string of the molecule is Cc1cc2c(cc1C1(c3ccc(C[S-])cc3)CCC1)C(C)(C)CCC2(C)C.[K+]. The van der Waals surface area contributed by atoms with Gasteiger partial charge >= 0.3 is 51.4 Å². The quantitative estimate of drug-likeness (QED) is 0.541. The van der Waals surface area contributed by atoms with Gasteiger partial charge in [-0.1, -0.05) is 76.1 Å². The van der Waals surface area contributed by atoms with Gasteiger partial charge < -0.3 is 12.6 Å². The van der Waals surface area contributed by atoms with Gasteiger partial charge in [0, 0.05) is 5.41 Å². The fourth-order valence-electron chi connectivity index (χ4n) is 5.40. The van der Waals surface area contributed by atoms with Gasteiger partial charge in [0.05, 0.1) is 0 Å². The summed E-state index contributed by atoms with van der Waals surface area (Å²) in [6, 6.07) is 14.3. The van der Waals surface area contributed by atoms with Crippen molar-refractivity contribution in [1.29, 1.82) is 0 Å². The predicted octanol–water partition coefficient (Wildman–Crippen LogP) is 3.86. The van der Waals surface area contributed by atoms with Crippen molar-refractivity contribution >= 4 is 12.6 Å². The first kappa shape index (κ1) is 23.1. The first-order valence-corrected chi connectivity index (χ1v) is 11.1. The largest absolute Gasteiger partial charge is 1.00 e. The Labute approximate surface area is 220 Å². The van der Waals surface area contributed by atoms with Gasteiger partial charge in [-0.15, -0.1) is 0 Å². The zero-order valence-electron chi connectivity index (χ0n) is 18.6. The Bertz CT molecular complexity index is 857. The molecule has 2 aromatic rings. The van der Waals surface area contributed by atoms with Crippen LogP contribution in [-0.4, -0.2) is 0 Å². The second-order valence-corrected chi connectivity index (χ2v) is 10.5. The van der Waals surface area contributed by atoms with E-state index in [0.717, 1.165) is 0 Å². The Kier molecular flexibility index (Phi) is 6.74. The van der Waals surface area contributed by atoms with Crippen LogP contribution in [0.5, 0.6) is 0 Å². The van der Waals surface area contributed by atoms with Gasteiger partial charge in [-0.3, -0.25) is 0 Å². The van der Waals surface area contributed by atoms with Crippen molar-refractivity contribution in [2.75, 3.05) is 0 Å². The van der Waals surface area contributed by atoms with Crippen LogP contribution < -0.4 is 51.4 Å². The second kappa shape index (κ2) is 8.17. The number of hydrogen-bond donors (Lipinski definition) is 0. The topological polar surface area (TPSA) is 0 Å². The van der Waals surface area contributed by atoms with Crippen LogP contribution in [-0.2, 0) is 34.6 Å². The zero-order valence-corrected chi connectivity index (χ0v) is 22.6. The van der Waals surface area contributed by atoms with Crippen molar-refractivity contribution in [1.82, 2.24) is 0 Å². The van der Waals surface area contributed by atoms with E-state index in [1.54, 1.807) is 16.7 Å². The molecule has 28 heavy (non-hydrogen) atoms. The third kappa shape index (κ3) is 3.76. The molecule has 1 saturated carbocycles. The molecule has 0 N–H and O–H groups in total. The van der Waals surface area contributed by atoms with Gasteiger partial charge in [0.2, 0.25) is 0 Å². The van der Waals surface area contributed by atoms with E-state index in [1.165, 1.54) is 48.8 Å². The molecule has 144 valence electrons. The number of benzene rings is 2. The Hall–Kier alpha value is 0.426. The molecule has 0 spiro atoms. The molecular formula is C26H33KS. The molecule has 0 atom stereocenters. The fraction of sp³-hybridized carbons (Fsp3) is 0.538. The summed E-state index contributed by atoms with van der Waals surface area (Å²) in [5.74, 6) is 0.703. The van der Waals surface area contributed by atoms with E-state index in [2.05, 4.69) is 71.0 Å². The molecule has 2 heteroatoms. The molecule has 0 aromatic heterocycles. The van der Waals surface area contributed by atoms with Gasteiger partial charge in [-0.05, 0) is 71.3 Å². The van der Waals surface area contributed by atoms with E-state index in [9.17, 15) is 0 Å². The van der Waals surface area contributed by atoms with Crippen LogP contribution in [0.3, 0.4) is 0 Å². The fourth-order valence-corrected chi connectivity index (χ4v) is 5.59. The number of hydrogen-bond acceptors (Lipinski definition) is 1. The molecule has 0 nitrogen and oxygen atoms in total. The maximum Gasteiger partial charge on any atom is 1.00 e. The zero-order chi connectivity index (χ0) is 19.4.